The van der Waals surface area contributed by atoms with Gasteiger partial charge in [0.05, 0.1) is 63.5 Å². The van der Waals surface area contributed by atoms with E-state index in [1.807, 2.05) is 0 Å². The monoisotopic (exact) mass is 1010 g/mol. The normalized spacial score (nSPS) is 12.5. The van der Waals surface area contributed by atoms with Gasteiger partial charge in [0.1, 0.15) is 11.5 Å². The van der Waals surface area contributed by atoms with Crippen molar-refractivity contribution >= 4 is 127 Å². The largest absolute Gasteiger partial charge is 0.495 e. The maximum Gasteiger partial charge on any atom is 0.258 e. The summed E-state index contributed by atoms with van der Waals surface area (Å²) in [4.78, 5) is 79.0. The number of carbonyl (C=O) groups excluding carboxylic acids is 6. The number of carbonyl (C=O) groups is 6. The smallest absolute Gasteiger partial charge is 0.258 e. The van der Waals surface area contributed by atoms with Crippen LogP contribution in [-0.2, 0) is 30.9 Å². The molecule has 0 saturated carbocycles. The summed E-state index contributed by atoms with van der Waals surface area (Å²) < 4.78 is 10.7. The molecule has 0 radical (unpaired) electrons. The van der Waals surface area contributed by atoms with Crippen LogP contribution in [0, 0.1) is 0 Å². The minimum Gasteiger partial charge on any atom is -0.495 e. The summed E-state index contributed by atoms with van der Waals surface area (Å²) in [5, 5.41) is 26.3. The van der Waals surface area contributed by atoms with Gasteiger partial charge in [-0.1, -0.05) is 47.5 Å². The van der Waals surface area contributed by atoms with Gasteiger partial charge in [0.2, 0.25) is 12.1 Å². The molecule has 21 heteroatoms. The maximum absolute atomic E-state index is 13.5. The van der Waals surface area contributed by atoms with E-state index in [0.717, 1.165) is 13.8 Å². The Balaban J connectivity index is 1.29. The molecule has 0 aliphatic heterocycles. The lowest BCUT2D eigenvalue weighted by molar-refractivity contribution is -0.127. The van der Waals surface area contributed by atoms with Crippen molar-refractivity contribution in [3.63, 3.8) is 0 Å². The quantitative estimate of drug-likeness (QED) is 0.0353. The number of Topliss-reactive ketones (excluding diaryl/α,β-unsaturated/α-hetero) is 2. The van der Waals surface area contributed by atoms with Crippen molar-refractivity contribution in [1.82, 2.24) is 0 Å². The first-order valence-electron chi connectivity index (χ1n) is 19.9. The Labute approximate surface area is 409 Å². The molecule has 4 amide bonds. The second kappa shape index (κ2) is 23.8. The van der Waals surface area contributed by atoms with Gasteiger partial charge < -0.3 is 30.7 Å². The number of para-hydroxylation sites is 2. The number of anilines is 4. The molecule has 0 aliphatic rings. The number of rotatable bonds is 19. The number of halogens is 5. The van der Waals surface area contributed by atoms with E-state index >= 15 is 0 Å². The first kappa shape index (κ1) is 51.6. The maximum atomic E-state index is 13.5. The third-order valence-electron chi connectivity index (χ3n) is 9.67. The molecule has 0 spiro atoms. The van der Waals surface area contributed by atoms with Crippen molar-refractivity contribution in [1.29, 1.82) is 0 Å². The van der Waals surface area contributed by atoms with Crippen molar-refractivity contribution in [2.24, 2.45) is 20.5 Å². The number of hydrogen-bond acceptors (Lipinski definition) is 12. The predicted molar refractivity (Wildman–Crippen MR) is 260 cm³/mol. The highest BCUT2D eigenvalue weighted by Gasteiger charge is 2.27. The number of hydrogen-bond donors (Lipinski definition) is 4. The number of nitrogens with one attached hydrogen (secondary N) is 4. The zero-order valence-electron chi connectivity index (χ0n) is 36.3. The Morgan fingerprint density at radius 3 is 1.45 bits per heavy atom. The zero-order valence-corrected chi connectivity index (χ0v) is 40.0. The molecule has 5 rings (SSSR count). The van der Waals surface area contributed by atoms with Crippen LogP contribution >= 0.6 is 58.0 Å². The van der Waals surface area contributed by atoms with Crippen LogP contribution in [0.25, 0.3) is 0 Å². The van der Waals surface area contributed by atoms with Gasteiger partial charge >= 0.3 is 0 Å². The fraction of sp³-hybridized carbons (Fsp3) is 0.217. The number of methoxy groups -OCH3 is 2. The molecule has 348 valence electrons. The van der Waals surface area contributed by atoms with E-state index in [0.29, 0.717) is 39.6 Å². The van der Waals surface area contributed by atoms with Gasteiger partial charge in [-0.25, -0.2) is 0 Å². The second-order valence-electron chi connectivity index (χ2n) is 14.3. The fourth-order valence-corrected chi connectivity index (χ4v) is 7.27. The molecule has 0 bridgehead atoms. The third-order valence-corrected chi connectivity index (χ3v) is 11.1. The average molecular weight is 1010 g/mol. The zero-order chi connectivity index (χ0) is 48.9. The lowest BCUT2D eigenvalue weighted by Crippen LogP contribution is -2.32. The summed E-state index contributed by atoms with van der Waals surface area (Å²) >= 11 is 31.4. The molecule has 3 unspecified atom stereocenters. The van der Waals surface area contributed by atoms with E-state index < -0.39 is 52.7 Å². The number of nitrogens with zero attached hydrogens (tertiary/aromatic N) is 4. The van der Waals surface area contributed by atoms with Gasteiger partial charge in [-0.2, -0.15) is 20.5 Å². The lowest BCUT2D eigenvalue weighted by Gasteiger charge is -2.17. The van der Waals surface area contributed by atoms with Gasteiger partial charge in [0, 0.05) is 23.1 Å². The van der Waals surface area contributed by atoms with Gasteiger partial charge in [-0.15, -0.1) is 34.8 Å². The van der Waals surface area contributed by atoms with Crippen molar-refractivity contribution in [3.05, 3.63) is 129 Å². The molecule has 0 aromatic heterocycles. The Morgan fingerprint density at radius 1 is 0.597 bits per heavy atom. The van der Waals surface area contributed by atoms with Crippen LogP contribution in [0.5, 0.6) is 11.5 Å². The molecular weight excluding hydrogens is 970 g/mol. The molecule has 0 fully saturated rings. The number of azo groups is 2. The number of benzene rings is 5. The Bertz CT molecular complexity index is 2740. The topological polar surface area (TPSA) is 218 Å². The van der Waals surface area contributed by atoms with Gasteiger partial charge in [-0.05, 0) is 104 Å². The molecule has 0 heterocycles. The Hall–Kier alpha value is -6.43. The van der Waals surface area contributed by atoms with E-state index in [-0.39, 0.29) is 55.7 Å². The molecule has 3 atom stereocenters. The van der Waals surface area contributed by atoms with Crippen LogP contribution in [0.3, 0.4) is 0 Å². The van der Waals surface area contributed by atoms with Crippen LogP contribution in [0.4, 0.5) is 34.1 Å². The SMILES string of the molecule is COc1cccc(CCl)c1NC(=O)c1cc(N=NC(C(C)=O)C(=O)Nc2ccc(NC(=O)C(N=Nc3ccc(Cl)c(C(=O)Nc4c(CCl)cccc4OC)c3)C(C)=O)c(C(C)Cl)c2)ccc1Cl. The predicted octanol–water partition coefficient (Wildman–Crippen LogP) is 11.7. The average Bonchev–Trinajstić information content (AvgIpc) is 3.30. The van der Waals surface area contributed by atoms with Gasteiger partial charge in [0.25, 0.3) is 23.6 Å². The molecule has 0 aliphatic carbocycles. The van der Waals surface area contributed by atoms with Crippen molar-refractivity contribution in [3.8, 4) is 11.5 Å². The van der Waals surface area contributed by atoms with E-state index in [2.05, 4.69) is 41.7 Å². The lowest BCUT2D eigenvalue weighted by atomic mass is 10.1. The summed E-state index contributed by atoms with van der Waals surface area (Å²) in [7, 11) is 2.90. The highest BCUT2D eigenvalue weighted by molar-refractivity contribution is 6.35. The fourth-order valence-electron chi connectivity index (χ4n) is 6.24. The molecule has 16 nitrogen and oxygen atoms in total. The van der Waals surface area contributed by atoms with Gasteiger partial charge in [0.15, 0.2) is 11.6 Å². The molecular formula is C46H41Cl5N8O8. The minimum absolute atomic E-state index is 0.0173. The van der Waals surface area contributed by atoms with E-state index in [9.17, 15) is 28.8 Å². The summed E-state index contributed by atoms with van der Waals surface area (Å²) in [5.41, 5.74) is 2.86. The van der Waals surface area contributed by atoms with Crippen molar-refractivity contribution < 1.29 is 38.2 Å². The summed E-state index contributed by atoms with van der Waals surface area (Å²) in [6.07, 6.45) is 0. The minimum atomic E-state index is -1.63. The molecule has 4 N–H and O–H groups in total. The summed E-state index contributed by atoms with van der Waals surface area (Å²) in [6, 6.07) is 19.7. The Kier molecular flexibility index (Phi) is 18.3. The third kappa shape index (κ3) is 13.1. The summed E-state index contributed by atoms with van der Waals surface area (Å²) in [5.74, 6) is -3.28. The van der Waals surface area contributed by atoms with E-state index in [1.165, 1.54) is 68.8 Å². The number of alkyl halides is 3. The first-order valence-corrected chi connectivity index (χ1v) is 22.1. The Morgan fingerprint density at radius 2 is 1.04 bits per heavy atom. The van der Waals surface area contributed by atoms with Crippen LogP contribution in [0.15, 0.2) is 111 Å². The first-order chi connectivity index (χ1) is 32.0. The van der Waals surface area contributed by atoms with Crippen LogP contribution < -0.4 is 30.7 Å². The number of ether oxygens (including phenoxy) is 2. The van der Waals surface area contributed by atoms with Crippen LogP contribution in [0.1, 0.15) is 63.6 Å². The summed E-state index contributed by atoms with van der Waals surface area (Å²) in [6.45, 7) is 3.92. The van der Waals surface area contributed by atoms with Crippen molar-refractivity contribution in [2.45, 2.75) is 50.0 Å². The number of amides is 4. The van der Waals surface area contributed by atoms with Crippen molar-refractivity contribution in [2.75, 3.05) is 35.5 Å². The highest BCUT2D eigenvalue weighted by atomic mass is 35.5. The molecule has 0 saturated heterocycles. The molecule has 5 aromatic carbocycles. The van der Waals surface area contributed by atoms with Crippen LogP contribution in [0.2, 0.25) is 10.0 Å². The van der Waals surface area contributed by atoms with E-state index in [1.54, 1.807) is 43.3 Å². The molecule has 67 heavy (non-hydrogen) atoms. The van der Waals surface area contributed by atoms with Crippen LogP contribution in [-0.4, -0.2) is 61.5 Å². The van der Waals surface area contributed by atoms with Gasteiger partial charge in [-0.3, -0.25) is 28.8 Å². The second-order valence-corrected chi connectivity index (χ2v) is 16.4. The molecule has 5 aromatic rings. The number of ketones is 2. The van der Waals surface area contributed by atoms with E-state index in [4.69, 9.17) is 67.5 Å². The highest BCUT2D eigenvalue weighted by Crippen LogP contribution is 2.34. The standard InChI is InChI=1S/C46H41Cl5N8O8/c1-23(49)31-18-28(52-45(64)39(24(2)60)58-56-29-12-15-34(50)32(19-29)43(62)54-41-26(21-47)8-6-10-37(41)66-4)14-17-36(31)53-46(65)40(25(3)61)59-57-30-13-16-35(51)33(20-30)44(63)55-42-27(22-48)9-7-11-38(42)67-5/h6-20,23,39-40H,21-22H2,1-5H3,(H,52,64)(H,53,65)(H,54,62)(H,55,63).